The zero-order valence-corrected chi connectivity index (χ0v) is 8.42. The van der Waals surface area contributed by atoms with Gasteiger partial charge in [-0.25, -0.2) is 0 Å². The molecule has 14 heavy (non-hydrogen) atoms. The number of ether oxygens (including phenoxy) is 1. The summed E-state index contributed by atoms with van der Waals surface area (Å²) in [4.78, 5) is 4.10. The quantitative estimate of drug-likeness (QED) is 0.711. The van der Waals surface area contributed by atoms with Gasteiger partial charge in [0, 0.05) is 30.5 Å². The van der Waals surface area contributed by atoms with Crippen molar-refractivity contribution in [2.75, 3.05) is 6.54 Å². The molecule has 0 radical (unpaired) electrons. The van der Waals surface area contributed by atoms with E-state index in [0.717, 1.165) is 30.7 Å². The monoisotopic (exact) mass is 210 g/mol. The first-order valence-electron chi connectivity index (χ1n) is 4.88. The summed E-state index contributed by atoms with van der Waals surface area (Å²) in [6.07, 6.45) is 5.98. The van der Waals surface area contributed by atoms with Gasteiger partial charge in [-0.3, -0.25) is 4.98 Å². The third-order valence-corrected chi connectivity index (χ3v) is 3.18. The fourth-order valence-corrected chi connectivity index (χ4v) is 2.38. The van der Waals surface area contributed by atoms with E-state index < -0.39 is 0 Å². The predicted octanol–water partition coefficient (Wildman–Crippen LogP) is 1.92. The minimum atomic E-state index is 0.271. The van der Waals surface area contributed by atoms with E-state index in [1.807, 2.05) is 6.20 Å². The van der Waals surface area contributed by atoms with Crippen LogP contribution in [-0.4, -0.2) is 17.6 Å². The second-order valence-electron chi connectivity index (χ2n) is 3.82. The first-order valence-corrected chi connectivity index (χ1v) is 5.26. The van der Waals surface area contributed by atoms with Gasteiger partial charge in [-0.1, -0.05) is 11.6 Å². The summed E-state index contributed by atoms with van der Waals surface area (Å²) in [5.74, 6) is 0.833. The van der Waals surface area contributed by atoms with Gasteiger partial charge in [0.15, 0.2) is 0 Å². The van der Waals surface area contributed by atoms with Gasteiger partial charge >= 0.3 is 0 Å². The fraction of sp³-hybridized carbons (Fsp3) is 0.500. The topological polar surface area (TPSA) is 34.1 Å². The Balaban J connectivity index is 2.14. The van der Waals surface area contributed by atoms with Crippen LogP contribution in [0.1, 0.15) is 24.4 Å². The molecule has 1 saturated heterocycles. The Hall–Kier alpha value is -0.800. The lowest BCUT2D eigenvalue weighted by atomic mass is 9.99. The Morgan fingerprint density at radius 3 is 3.14 bits per heavy atom. The Morgan fingerprint density at radius 2 is 2.36 bits per heavy atom. The number of fused-ring (bicyclic) bond motifs is 2. The van der Waals surface area contributed by atoms with Crippen LogP contribution < -0.4 is 10.1 Å². The lowest BCUT2D eigenvalue weighted by Crippen LogP contribution is -2.36. The molecule has 0 spiro atoms. The van der Waals surface area contributed by atoms with Crippen LogP contribution in [0.3, 0.4) is 0 Å². The number of piperidine rings is 1. The van der Waals surface area contributed by atoms with E-state index in [-0.39, 0.29) is 6.10 Å². The van der Waals surface area contributed by atoms with Crippen molar-refractivity contribution in [3.8, 4) is 5.75 Å². The molecule has 1 fully saturated rings. The van der Waals surface area contributed by atoms with Crippen LogP contribution >= 0.6 is 11.6 Å². The van der Waals surface area contributed by atoms with Gasteiger partial charge < -0.3 is 10.1 Å². The van der Waals surface area contributed by atoms with Gasteiger partial charge in [0.1, 0.15) is 16.9 Å². The lowest BCUT2D eigenvalue weighted by Gasteiger charge is -2.23. The summed E-state index contributed by atoms with van der Waals surface area (Å²) in [7, 11) is 0. The largest absolute Gasteiger partial charge is 0.487 e. The molecule has 0 unspecified atom stereocenters. The zero-order valence-electron chi connectivity index (χ0n) is 7.66. The van der Waals surface area contributed by atoms with E-state index >= 15 is 0 Å². The first-order chi connectivity index (χ1) is 6.84. The van der Waals surface area contributed by atoms with Gasteiger partial charge in [0.05, 0.1) is 0 Å². The van der Waals surface area contributed by atoms with Gasteiger partial charge in [-0.2, -0.15) is 0 Å². The summed E-state index contributed by atoms with van der Waals surface area (Å²) in [5, 5.41) is 4.07. The van der Waals surface area contributed by atoms with Crippen LogP contribution in [0.15, 0.2) is 12.4 Å². The lowest BCUT2D eigenvalue weighted by molar-refractivity contribution is 0.171. The third kappa shape index (κ3) is 1.20. The highest BCUT2D eigenvalue weighted by molar-refractivity contribution is 6.32. The molecule has 1 aromatic rings. The highest BCUT2D eigenvalue weighted by Crippen LogP contribution is 2.39. The molecule has 4 heterocycles. The van der Waals surface area contributed by atoms with Crippen LogP contribution in [0.4, 0.5) is 0 Å². The average Bonchev–Trinajstić information content (AvgIpc) is 2.49. The van der Waals surface area contributed by atoms with Crippen LogP contribution in [0.5, 0.6) is 5.75 Å². The number of nitrogens with one attached hydrogen (secondary N) is 1. The van der Waals surface area contributed by atoms with Crippen molar-refractivity contribution >= 4 is 11.6 Å². The normalized spacial score (nSPS) is 29.2. The van der Waals surface area contributed by atoms with Crippen LogP contribution in [-0.2, 0) is 0 Å². The standard InChI is InChI=1S/C10H11ClN2O/c11-8-5-12-4-7-9-2-1-6(3-13-9)14-10(7)8/h4-6,9,13H,1-3H2/t6-,9-/m0/s1. The molecule has 0 saturated carbocycles. The average molecular weight is 211 g/mol. The van der Waals surface area contributed by atoms with Crippen LogP contribution in [0.2, 0.25) is 5.02 Å². The summed E-state index contributed by atoms with van der Waals surface area (Å²) in [6, 6.07) is 0.370. The summed E-state index contributed by atoms with van der Waals surface area (Å²) in [6.45, 7) is 0.912. The van der Waals surface area contributed by atoms with Gasteiger partial charge in [-0.15, -0.1) is 0 Å². The van der Waals surface area contributed by atoms with E-state index in [0.29, 0.717) is 11.1 Å². The highest BCUT2D eigenvalue weighted by atomic mass is 35.5. The minimum Gasteiger partial charge on any atom is -0.487 e. The molecule has 0 aliphatic carbocycles. The van der Waals surface area contributed by atoms with Crippen molar-refractivity contribution in [1.82, 2.24) is 10.3 Å². The van der Waals surface area contributed by atoms with Crippen molar-refractivity contribution < 1.29 is 4.74 Å². The van der Waals surface area contributed by atoms with Gasteiger partial charge in [0.25, 0.3) is 0 Å². The van der Waals surface area contributed by atoms with E-state index in [2.05, 4.69) is 10.3 Å². The molecule has 4 heteroatoms. The van der Waals surface area contributed by atoms with Crippen molar-refractivity contribution in [3.05, 3.63) is 23.0 Å². The van der Waals surface area contributed by atoms with Crippen molar-refractivity contribution in [1.29, 1.82) is 0 Å². The Kier molecular flexibility index (Phi) is 1.89. The Morgan fingerprint density at radius 1 is 1.43 bits per heavy atom. The third-order valence-electron chi connectivity index (χ3n) is 2.91. The SMILES string of the molecule is Clc1cncc2c1O[C@H]1CC[C@@H]2NC1. The number of hydrogen-bond donors (Lipinski definition) is 1. The minimum absolute atomic E-state index is 0.271. The molecule has 3 nitrogen and oxygen atoms in total. The molecule has 74 valence electrons. The molecular formula is C10H11ClN2O. The van der Waals surface area contributed by atoms with Crippen molar-refractivity contribution in [2.45, 2.75) is 25.0 Å². The summed E-state index contributed by atoms with van der Waals surface area (Å²) >= 11 is 6.06. The zero-order chi connectivity index (χ0) is 9.54. The second kappa shape index (κ2) is 3.11. The molecule has 0 amide bonds. The Bertz CT molecular complexity index is 361. The summed E-state index contributed by atoms with van der Waals surface area (Å²) in [5.41, 5.74) is 1.11. The molecule has 0 aromatic carbocycles. The van der Waals surface area contributed by atoms with E-state index in [1.54, 1.807) is 6.20 Å². The Labute approximate surface area is 87.4 Å². The molecule has 3 aliphatic heterocycles. The maximum atomic E-state index is 6.06. The number of hydrogen-bond acceptors (Lipinski definition) is 3. The smallest absolute Gasteiger partial charge is 0.146 e. The van der Waals surface area contributed by atoms with Crippen LogP contribution in [0.25, 0.3) is 0 Å². The van der Waals surface area contributed by atoms with Gasteiger partial charge in [0.2, 0.25) is 0 Å². The van der Waals surface area contributed by atoms with Crippen molar-refractivity contribution in [3.63, 3.8) is 0 Å². The maximum Gasteiger partial charge on any atom is 0.146 e. The molecule has 1 N–H and O–H groups in total. The maximum absolute atomic E-state index is 6.06. The number of pyridine rings is 1. The number of rotatable bonds is 0. The van der Waals surface area contributed by atoms with E-state index in [4.69, 9.17) is 16.3 Å². The molecular weight excluding hydrogens is 200 g/mol. The molecule has 2 atom stereocenters. The number of halogens is 1. The first kappa shape index (κ1) is 8.50. The highest BCUT2D eigenvalue weighted by Gasteiger charge is 2.31. The number of aromatic nitrogens is 1. The predicted molar refractivity (Wildman–Crippen MR) is 53.6 cm³/mol. The molecule has 1 aromatic heterocycles. The molecule has 3 aliphatic rings. The second-order valence-corrected chi connectivity index (χ2v) is 4.22. The number of nitrogens with zero attached hydrogens (tertiary/aromatic N) is 1. The summed E-state index contributed by atoms with van der Waals surface area (Å²) < 4.78 is 5.84. The van der Waals surface area contributed by atoms with Crippen molar-refractivity contribution in [2.24, 2.45) is 0 Å². The molecule has 2 bridgehead atoms. The molecule has 4 rings (SSSR count). The van der Waals surface area contributed by atoms with Crippen LogP contribution in [0, 0.1) is 0 Å². The van der Waals surface area contributed by atoms with Gasteiger partial charge in [-0.05, 0) is 12.8 Å². The fourth-order valence-electron chi connectivity index (χ4n) is 2.17. The van der Waals surface area contributed by atoms with E-state index in [1.165, 1.54) is 0 Å². The van der Waals surface area contributed by atoms with E-state index in [9.17, 15) is 0 Å².